The van der Waals surface area contributed by atoms with Crippen LogP contribution < -0.4 is 5.19 Å². The van der Waals surface area contributed by atoms with E-state index in [9.17, 15) is 4.79 Å². The molecule has 1 aliphatic rings. The van der Waals surface area contributed by atoms with Crippen molar-refractivity contribution < 1.29 is 9.53 Å². The molecule has 114 valence electrons. The van der Waals surface area contributed by atoms with Crippen molar-refractivity contribution in [2.24, 2.45) is 0 Å². The molecule has 0 aliphatic heterocycles. The van der Waals surface area contributed by atoms with Crippen LogP contribution in [-0.4, -0.2) is 14.0 Å². The second-order valence-corrected chi connectivity index (χ2v) is 11.5. The van der Waals surface area contributed by atoms with Crippen LogP contribution >= 0.6 is 0 Å². The lowest BCUT2D eigenvalue weighted by Gasteiger charge is -2.49. The molecular weight excluding hydrogens is 276 g/mol. The van der Waals surface area contributed by atoms with Crippen LogP contribution in [0.25, 0.3) is 0 Å². The van der Waals surface area contributed by atoms with Gasteiger partial charge in [-0.3, -0.25) is 4.79 Å². The van der Waals surface area contributed by atoms with Gasteiger partial charge in [0.05, 0.1) is 8.07 Å². The average Bonchev–Trinajstić information content (AvgIpc) is 2.41. The maximum Gasteiger partial charge on any atom is 0.307 e. The van der Waals surface area contributed by atoms with Gasteiger partial charge in [-0.2, -0.15) is 0 Å². The monoisotopic (exact) mass is 302 g/mol. The summed E-state index contributed by atoms with van der Waals surface area (Å²) in [6.07, 6.45) is 6.80. The highest BCUT2D eigenvalue weighted by Crippen LogP contribution is 2.56. The summed E-state index contributed by atoms with van der Waals surface area (Å²) in [5, 5.41) is 1.72. The van der Waals surface area contributed by atoms with E-state index in [1.54, 1.807) is 0 Å². The van der Waals surface area contributed by atoms with Crippen molar-refractivity contribution >= 4 is 19.2 Å². The third kappa shape index (κ3) is 3.13. The standard InChI is InChI=1S/C18H26O2Si/c1-5-6-12-18(13-16(14-18)20-15(2)19)21(3,4)17-10-8-7-9-11-17/h7-11,13H,5-6,12,14H2,1-4H3. The van der Waals surface area contributed by atoms with Crippen LogP contribution in [0.1, 0.15) is 39.5 Å². The Hall–Kier alpha value is -1.35. The summed E-state index contributed by atoms with van der Waals surface area (Å²) >= 11 is 0. The number of carbonyl (C=O) groups excluding carboxylic acids is 1. The molecule has 0 saturated carbocycles. The highest BCUT2D eigenvalue weighted by atomic mass is 28.3. The Morgan fingerprint density at radius 1 is 1.29 bits per heavy atom. The first-order chi connectivity index (χ1) is 9.91. The zero-order valence-corrected chi connectivity index (χ0v) is 14.6. The van der Waals surface area contributed by atoms with Crippen LogP contribution in [0.4, 0.5) is 0 Å². The van der Waals surface area contributed by atoms with Gasteiger partial charge in [-0.15, -0.1) is 0 Å². The van der Waals surface area contributed by atoms with Crippen molar-refractivity contribution in [3.05, 3.63) is 42.2 Å². The van der Waals surface area contributed by atoms with Crippen LogP contribution in [0, 0.1) is 0 Å². The number of hydrogen-bond donors (Lipinski definition) is 0. The Labute approximate surface area is 129 Å². The fraction of sp³-hybridized carbons (Fsp3) is 0.500. The van der Waals surface area contributed by atoms with Crippen molar-refractivity contribution in [3.63, 3.8) is 0 Å². The van der Waals surface area contributed by atoms with Crippen LogP contribution in [0.3, 0.4) is 0 Å². The number of rotatable bonds is 6. The molecule has 1 aromatic carbocycles. The third-order valence-corrected chi connectivity index (χ3v) is 9.76. The van der Waals surface area contributed by atoms with Gasteiger partial charge in [0.15, 0.2) is 0 Å². The Bertz CT molecular complexity index is 533. The molecule has 0 radical (unpaired) electrons. The van der Waals surface area contributed by atoms with Crippen molar-refractivity contribution in [1.29, 1.82) is 0 Å². The number of hydrogen-bond acceptors (Lipinski definition) is 2. The van der Waals surface area contributed by atoms with Gasteiger partial charge in [0.25, 0.3) is 0 Å². The van der Waals surface area contributed by atoms with Gasteiger partial charge in [0, 0.05) is 13.3 Å². The van der Waals surface area contributed by atoms with Gasteiger partial charge in [-0.25, -0.2) is 0 Å². The molecule has 0 fully saturated rings. The predicted molar refractivity (Wildman–Crippen MR) is 90.2 cm³/mol. The molecule has 3 heteroatoms. The normalized spacial score (nSPS) is 21.4. The van der Waals surface area contributed by atoms with E-state index in [0.717, 1.165) is 12.2 Å². The highest BCUT2D eigenvalue weighted by molar-refractivity contribution is 6.93. The van der Waals surface area contributed by atoms with E-state index in [0.29, 0.717) is 0 Å². The van der Waals surface area contributed by atoms with Crippen molar-refractivity contribution in [2.45, 2.75) is 57.7 Å². The van der Waals surface area contributed by atoms with Crippen molar-refractivity contribution in [2.75, 3.05) is 0 Å². The van der Waals surface area contributed by atoms with E-state index >= 15 is 0 Å². The molecule has 0 saturated heterocycles. The molecule has 2 nitrogen and oxygen atoms in total. The van der Waals surface area contributed by atoms with E-state index in [2.05, 4.69) is 56.4 Å². The number of allylic oxidation sites excluding steroid dienone is 2. The molecular formula is C18H26O2Si. The van der Waals surface area contributed by atoms with Crippen molar-refractivity contribution in [1.82, 2.24) is 0 Å². The molecule has 0 aromatic heterocycles. The summed E-state index contributed by atoms with van der Waals surface area (Å²) in [4.78, 5) is 11.1. The number of esters is 1. The van der Waals surface area contributed by atoms with E-state index in [1.165, 1.54) is 31.4 Å². The smallest absolute Gasteiger partial charge is 0.307 e. The van der Waals surface area contributed by atoms with E-state index < -0.39 is 8.07 Å². The molecule has 0 N–H and O–H groups in total. The minimum absolute atomic E-state index is 0.204. The fourth-order valence-corrected chi connectivity index (χ4v) is 6.89. The lowest BCUT2D eigenvalue weighted by atomic mass is 9.86. The minimum atomic E-state index is -1.64. The maximum absolute atomic E-state index is 11.1. The largest absolute Gasteiger partial charge is 0.432 e. The van der Waals surface area contributed by atoms with Crippen LogP contribution in [0.2, 0.25) is 18.1 Å². The van der Waals surface area contributed by atoms with E-state index in [-0.39, 0.29) is 11.0 Å². The number of carbonyl (C=O) groups is 1. The highest BCUT2D eigenvalue weighted by Gasteiger charge is 2.51. The zero-order valence-electron chi connectivity index (χ0n) is 13.6. The van der Waals surface area contributed by atoms with Crippen molar-refractivity contribution in [3.8, 4) is 0 Å². The molecule has 0 heterocycles. The second-order valence-electron chi connectivity index (χ2n) is 6.63. The molecule has 0 spiro atoms. The van der Waals surface area contributed by atoms with E-state index in [1.807, 2.05) is 0 Å². The first-order valence-electron chi connectivity index (χ1n) is 7.87. The lowest BCUT2D eigenvalue weighted by Crippen LogP contribution is -2.55. The van der Waals surface area contributed by atoms with Gasteiger partial charge >= 0.3 is 5.97 Å². The summed E-state index contributed by atoms with van der Waals surface area (Å²) in [5.41, 5.74) is 0. The molecule has 1 aliphatic carbocycles. The maximum atomic E-state index is 11.1. The Morgan fingerprint density at radius 2 is 1.90 bits per heavy atom. The summed E-state index contributed by atoms with van der Waals surface area (Å²) in [6.45, 7) is 8.60. The Kier molecular flexibility index (Phi) is 4.72. The first kappa shape index (κ1) is 16.0. The molecule has 21 heavy (non-hydrogen) atoms. The summed E-state index contributed by atoms with van der Waals surface area (Å²) in [5.74, 6) is 0.666. The zero-order chi connectivity index (χ0) is 15.5. The number of unbranched alkanes of at least 4 members (excludes halogenated alkanes) is 1. The van der Waals surface area contributed by atoms with Gasteiger partial charge in [-0.1, -0.05) is 68.4 Å². The van der Waals surface area contributed by atoms with E-state index in [4.69, 9.17) is 4.74 Å². The Morgan fingerprint density at radius 3 is 2.43 bits per heavy atom. The first-order valence-corrected chi connectivity index (χ1v) is 10.9. The average molecular weight is 302 g/mol. The van der Waals surface area contributed by atoms with Crippen LogP contribution in [0.5, 0.6) is 0 Å². The summed E-state index contributed by atoms with van der Waals surface area (Å²) in [6, 6.07) is 10.9. The lowest BCUT2D eigenvalue weighted by molar-refractivity contribution is -0.137. The van der Waals surface area contributed by atoms with Crippen LogP contribution in [-0.2, 0) is 9.53 Å². The third-order valence-electron chi connectivity index (χ3n) is 4.92. The molecule has 0 amide bonds. The quantitative estimate of drug-likeness (QED) is 0.575. The molecule has 1 unspecified atom stereocenters. The molecule has 1 atom stereocenters. The second kappa shape index (κ2) is 6.18. The van der Waals surface area contributed by atoms with Gasteiger partial charge in [0.2, 0.25) is 0 Å². The number of ether oxygens (including phenoxy) is 1. The van der Waals surface area contributed by atoms with Gasteiger partial charge < -0.3 is 4.74 Å². The SMILES string of the molecule is CCCCC1([Si](C)(C)c2ccccc2)C=C(OC(C)=O)C1. The number of benzene rings is 1. The molecule has 2 rings (SSSR count). The Balaban J connectivity index is 2.30. The summed E-state index contributed by atoms with van der Waals surface area (Å²) in [7, 11) is -1.64. The van der Waals surface area contributed by atoms with Gasteiger partial charge in [0.1, 0.15) is 5.76 Å². The molecule has 1 aromatic rings. The minimum Gasteiger partial charge on any atom is -0.432 e. The predicted octanol–water partition coefficient (Wildman–Crippen LogP) is 4.38. The topological polar surface area (TPSA) is 26.3 Å². The molecule has 0 bridgehead atoms. The van der Waals surface area contributed by atoms with Crippen LogP contribution in [0.15, 0.2) is 42.2 Å². The fourth-order valence-electron chi connectivity index (χ4n) is 3.35. The van der Waals surface area contributed by atoms with Gasteiger partial charge in [-0.05, 0) is 17.5 Å². The summed E-state index contributed by atoms with van der Waals surface area (Å²) < 4.78 is 5.30.